The van der Waals surface area contributed by atoms with Crippen molar-refractivity contribution in [1.29, 1.82) is 5.26 Å². The first-order valence-electron chi connectivity index (χ1n) is 3.85. The number of hydrogen-bond acceptors (Lipinski definition) is 2. The van der Waals surface area contributed by atoms with Crippen molar-refractivity contribution in [2.75, 3.05) is 0 Å². The molecule has 1 aromatic carbocycles. The van der Waals surface area contributed by atoms with Crippen LogP contribution in [-0.4, -0.2) is 5.78 Å². The van der Waals surface area contributed by atoms with Crippen LogP contribution in [0.4, 0.5) is 4.39 Å². The highest BCUT2D eigenvalue weighted by molar-refractivity contribution is 5.94. The fourth-order valence-corrected chi connectivity index (χ4v) is 0.973. The largest absolute Gasteiger partial charge is 0.294 e. The Kier molecular flexibility index (Phi) is 2.99. The fourth-order valence-electron chi connectivity index (χ4n) is 0.973. The molecule has 0 atom stereocenters. The van der Waals surface area contributed by atoms with E-state index in [4.69, 9.17) is 5.26 Å². The van der Waals surface area contributed by atoms with Crippen molar-refractivity contribution >= 4 is 5.78 Å². The third-order valence-corrected chi connectivity index (χ3v) is 1.61. The molecule has 0 radical (unpaired) electrons. The van der Waals surface area contributed by atoms with E-state index in [-0.39, 0.29) is 11.3 Å². The maximum atomic E-state index is 13.0. The predicted molar refractivity (Wildman–Crippen MR) is 48.9 cm³/mol. The van der Waals surface area contributed by atoms with Gasteiger partial charge in [0.1, 0.15) is 5.82 Å². The van der Waals surface area contributed by atoms with E-state index in [0.29, 0.717) is 5.56 Å². The number of rotatable bonds is 1. The molecule has 0 bridgehead atoms. The van der Waals surface area contributed by atoms with Crippen LogP contribution in [0.5, 0.6) is 0 Å². The first-order chi connectivity index (χ1) is 6.65. The second-order valence-corrected chi connectivity index (χ2v) is 2.61. The van der Waals surface area contributed by atoms with Crippen molar-refractivity contribution in [1.82, 2.24) is 0 Å². The number of ketones is 1. The second kappa shape index (κ2) is 4.20. The minimum Gasteiger partial charge on any atom is -0.294 e. The van der Waals surface area contributed by atoms with Crippen LogP contribution in [0.1, 0.15) is 22.8 Å². The molecule has 0 spiro atoms. The minimum absolute atomic E-state index is 0.00487. The molecule has 0 aliphatic rings. The van der Waals surface area contributed by atoms with E-state index in [1.54, 1.807) is 6.07 Å². The second-order valence-electron chi connectivity index (χ2n) is 2.61. The van der Waals surface area contributed by atoms with E-state index in [0.717, 1.165) is 6.07 Å². The molecule has 0 unspecified atom stereocenters. The number of nitriles is 1. The molecule has 1 aromatic rings. The minimum atomic E-state index is -0.569. The molecule has 0 saturated heterocycles. The zero-order chi connectivity index (χ0) is 10.6. The molecule has 1 rings (SSSR count). The number of halogens is 1. The summed E-state index contributed by atoms with van der Waals surface area (Å²) in [6, 6.07) is 5.56. The average molecular weight is 187 g/mol. The molecular formula is C11H6FNO. The number of carbonyl (C=O) groups is 1. The molecule has 0 aliphatic heterocycles. The van der Waals surface area contributed by atoms with Crippen LogP contribution in [0.3, 0.4) is 0 Å². The normalized spacial score (nSPS) is 8.36. The topological polar surface area (TPSA) is 40.9 Å². The maximum absolute atomic E-state index is 13.0. The van der Waals surface area contributed by atoms with Gasteiger partial charge in [0.05, 0.1) is 5.56 Å². The van der Waals surface area contributed by atoms with E-state index >= 15 is 0 Å². The first kappa shape index (κ1) is 9.95. The van der Waals surface area contributed by atoms with E-state index in [2.05, 4.69) is 11.8 Å². The van der Waals surface area contributed by atoms with Gasteiger partial charge in [-0.1, -0.05) is 5.92 Å². The van der Waals surface area contributed by atoms with E-state index < -0.39 is 5.82 Å². The fraction of sp³-hybridized carbons (Fsp3) is 0.0909. The lowest BCUT2D eigenvalue weighted by molar-refractivity contribution is 0.101. The van der Waals surface area contributed by atoms with Crippen LogP contribution in [-0.2, 0) is 0 Å². The van der Waals surface area contributed by atoms with Gasteiger partial charge in [0, 0.05) is 11.5 Å². The molecule has 0 N–H and O–H groups in total. The van der Waals surface area contributed by atoms with Gasteiger partial charge < -0.3 is 0 Å². The molecular weight excluding hydrogens is 181 g/mol. The number of benzene rings is 1. The molecule has 0 amide bonds. The molecule has 3 heteroatoms. The Hall–Kier alpha value is -2.13. The van der Waals surface area contributed by atoms with Crippen LogP contribution in [0.2, 0.25) is 0 Å². The zero-order valence-corrected chi connectivity index (χ0v) is 7.47. The Bertz CT molecular complexity index is 474. The highest BCUT2D eigenvalue weighted by Crippen LogP contribution is 2.10. The molecule has 14 heavy (non-hydrogen) atoms. The van der Waals surface area contributed by atoms with E-state index in [1.165, 1.54) is 19.1 Å². The van der Waals surface area contributed by atoms with Crippen LogP contribution in [0.25, 0.3) is 0 Å². The molecule has 0 aliphatic carbocycles. The van der Waals surface area contributed by atoms with Gasteiger partial charge in [-0.3, -0.25) is 4.79 Å². The SMILES string of the molecule is CC(=O)c1cc(C#CC#N)ccc1F. The molecule has 2 nitrogen and oxygen atoms in total. The number of hydrogen-bond donors (Lipinski definition) is 0. The van der Waals surface area contributed by atoms with Gasteiger partial charge >= 0.3 is 0 Å². The third kappa shape index (κ3) is 2.18. The Morgan fingerprint density at radius 1 is 1.50 bits per heavy atom. The Morgan fingerprint density at radius 3 is 2.79 bits per heavy atom. The highest BCUT2D eigenvalue weighted by Gasteiger charge is 2.06. The summed E-state index contributed by atoms with van der Waals surface area (Å²) in [4.78, 5) is 10.9. The van der Waals surface area contributed by atoms with Crippen molar-refractivity contribution in [3.63, 3.8) is 0 Å². The van der Waals surface area contributed by atoms with Gasteiger partial charge in [0.2, 0.25) is 0 Å². The van der Waals surface area contributed by atoms with Crippen LogP contribution in [0.15, 0.2) is 18.2 Å². The Labute approximate surface area is 81.0 Å². The summed E-state index contributed by atoms with van der Waals surface area (Å²) in [5.41, 5.74) is 0.452. The maximum Gasteiger partial charge on any atom is 0.162 e. The van der Waals surface area contributed by atoms with Gasteiger partial charge in [-0.2, -0.15) is 5.26 Å². The van der Waals surface area contributed by atoms with Gasteiger partial charge in [-0.05, 0) is 25.1 Å². The quantitative estimate of drug-likeness (QED) is 0.497. The summed E-state index contributed by atoms with van der Waals surface area (Å²) in [6.07, 6.45) is 0. The molecule has 0 heterocycles. The molecule has 0 fully saturated rings. The van der Waals surface area contributed by atoms with Crippen molar-refractivity contribution < 1.29 is 9.18 Å². The molecule has 68 valence electrons. The van der Waals surface area contributed by atoms with Gasteiger partial charge in [0.15, 0.2) is 11.9 Å². The van der Waals surface area contributed by atoms with Gasteiger partial charge in [-0.25, -0.2) is 4.39 Å². The lowest BCUT2D eigenvalue weighted by Gasteiger charge is -1.98. The summed E-state index contributed by atoms with van der Waals surface area (Å²) in [5.74, 6) is 3.73. The van der Waals surface area contributed by atoms with E-state index in [1.807, 2.05) is 0 Å². The lowest BCUT2D eigenvalue weighted by Crippen LogP contribution is -1.97. The summed E-state index contributed by atoms with van der Waals surface area (Å²) in [5, 5.41) is 8.20. The van der Waals surface area contributed by atoms with Crippen molar-refractivity contribution in [3.05, 3.63) is 35.1 Å². The Morgan fingerprint density at radius 2 is 2.21 bits per heavy atom. The summed E-state index contributed by atoms with van der Waals surface area (Å²) in [7, 11) is 0. The van der Waals surface area contributed by atoms with Crippen LogP contribution in [0, 0.1) is 29.0 Å². The van der Waals surface area contributed by atoms with Crippen LogP contribution >= 0.6 is 0 Å². The van der Waals surface area contributed by atoms with Gasteiger partial charge in [-0.15, -0.1) is 0 Å². The summed E-state index contributed by atoms with van der Waals surface area (Å²) in [6.45, 7) is 1.28. The Balaban J connectivity index is 3.21. The van der Waals surface area contributed by atoms with Crippen LogP contribution < -0.4 is 0 Å². The number of carbonyl (C=O) groups excluding carboxylic acids is 1. The van der Waals surface area contributed by atoms with Crippen molar-refractivity contribution in [2.24, 2.45) is 0 Å². The smallest absolute Gasteiger partial charge is 0.162 e. The lowest BCUT2D eigenvalue weighted by atomic mass is 10.1. The van der Waals surface area contributed by atoms with Gasteiger partial charge in [0.25, 0.3) is 0 Å². The first-order valence-corrected chi connectivity index (χ1v) is 3.85. The molecule has 0 saturated carbocycles. The summed E-state index contributed by atoms with van der Waals surface area (Å²) >= 11 is 0. The van der Waals surface area contributed by atoms with Crippen molar-refractivity contribution in [3.8, 4) is 17.9 Å². The highest BCUT2D eigenvalue weighted by atomic mass is 19.1. The number of Topliss-reactive ketones (excluding diaryl/α,β-unsaturated/α-hetero) is 1. The third-order valence-electron chi connectivity index (χ3n) is 1.61. The average Bonchev–Trinajstić information content (AvgIpc) is 2.16. The monoisotopic (exact) mass is 187 g/mol. The predicted octanol–water partition coefficient (Wildman–Crippen LogP) is 1.90. The standard InChI is InChI=1S/C11H6FNO/c1-8(14)10-7-9(3-2-6-13)4-5-11(10)12/h4-5,7H,1H3. The van der Waals surface area contributed by atoms with E-state index in [9.17, 15) is 9.18 Å². The summed E-state index contributed by atoms with van der Waals surface area (Å²) < 4.78 is 13.0. The zero-order valence-electron chi connectivity index (χ0n) is 7.47. The molecule has 0 aromatic heterocycles. The number of nitrogens with zero attached hydrogens (tertiary/aromatic N) is 1. The van der Waals surface area contributed by atoms with Crippen molar-refractivity contribution in [2.45, 2.75) is 6.92 Å².